The summed E-state index contributed by atoms with van der Waals surface area (Å²) in [6.45, 7) is 0.623. The van der Waals surface area contributed by atoms with E-state index in [0.717, 1.165) is 11.3 Å². The number of benzene rings is 2. The number of hydrogen-bond acceptors (Lipinski definition) is 3. The molecule has 5 nitrogen and oxygen atoms in total. The Morgan fingerprint density at radius 1 is 0.952 bits per heavy atom. The second kappa shape index (κ2) is 6.56. The van der Waals surface area contributed by atoms with Crippen LogP contribution in [0.1, 0.15) is 26.3 Å². The minimum absolute atomic E-state index is 0.108. The number of hydrogen-bond donors (Lipinski definition) is 3. The van der Waals surface area contributed by atoms with E-state index in [-0.39, 0.29) is 5.91 Å². The van der Waals surface area contributed by atoms with Crippen LogP contribution in [0, 0.1) is 0 Å². The Hall–Kier alpha value is -2.82. The Labute approximate surface area is 123 Å². The summed E-state index contributed by atoms with van der Waals surface area (Å²) in [7, 11) is 1.60. The van der Waals surface area contributed by atoms with Crippen molar-refractivity contribution >= 4 is 17.5 Å². The van der Waals surface area contributed by atoms with Gasteiger partial charge in [-0.25, -0.2) is 0 Å². The summed E-state index contributed by atoms with van der Waals surface area (Å²) in [6, 6.07) is 14.3. The van der Waals surface area contributed by atoms with Crippen LogP contribution >= 0.6 is 0 Å². The van der Waals surface area contributed by atoms with Gasteiger partial charge in [0.05, 0.1) is 0 Å². The van der Waals surface area contributed by atoms with Gasteiger partial charge >= 0.3 is 0 Å². The monoisotopic (exact) mass is 283 g/mol. The first-order valence-electron chi connectivity index (χ1n) is 6.55. The molecule has 0 unspecified atom stereocenters. The summed E-state index contributed by atoms with van der Waals surface area (Å²) in [6.07, 6.45) is 0. The van der Waals surface area contributed by atoms with Crippen molar-refractivity contribution in [3.05, 3.63) is 65.2 Å². The Balaban J connectivity index is 1.96. The largest absolute Gasteiger partial charge is 0.381 e. The van der Waals surface area contributed by atoms with Gasteiger partial charge < -0.3 is 16.4 Å². The van der Waals surface area contributed by atoms with Crippen LogP contribution in [-0.4, -0.2) is 18.9 Å². The summed E-state index contributed by atoms with van der Waals surface area (Å²) >= 11 is 0. The molecule has 0 aliphatic rings. The van der Waals surface area contributed by atoms with Crippen LogP contribution in [0.5, 0.6) is 0 Å². The van der Waals surface area contributed by atoms with Crippen molar-refractivity contribution in [2.24, 2.45) is 5.73 Å². The molecule has 21 heavy (non-hydrogen) atoms. The van der Waals surface area contributed by atoms with Gasteiger partial charge in [0, 0.05) is 30.4 Å². The van der Waals surface area contributed by atoms with E-state index in [4.69, 9.17) is 5.73 Å². The molecule has 0 saturated heterocycles. The summed E-state index contributed by atoms with van der Waals surface area (Å²) in [5, 5.41) is 5.82. The average molecular weight is 283 g/mol. The minimum atomic E-state index is -0.431. The third-order valence-corrected chi connectivity index (χ3v) is 3.11. The molecule has 0 radical (unpaired) electrons. The quantitative estimate of drug-likeness (QED) is 0.781. The molecular formula is C16H17N3O2. The van der Waals surface area contributed by atoms with E-state index in [1.54, 1.807) is 31.3 Å². The molecule has 0 fully saturated rings. The summed E-state index contributed by atoms with van der Waals surface area (Å²) < 4.78 is 0. The Bertz CT molecular complexity index is 634. The average Bonchev–Trinajstić information content (AvgIpc) is 2.53. The van der Waals surface area contributed by atoms with Crippen molar-refractivity contribution in [3.63, 3.8) is 0 Å². The third kappa shape index (κ3) is 3.82. The van der Waals surface area contributed by atoms with Crippen molar-refractivity contribution in [1.82, 2.24) is 5.32 Å². The number of nitrogens with two attached hydrogens (primary N) is 1. The fourth-order valence-electron chi connectivity index (χ4n) is 1.87. The fraction of sp³-hybridized carbons (Fsp3) is 0.125. The standard InChI is InChI=1S/C16H17N3O2/c1-18-16(21)13-6-8-14(9-7-13)19-10-11-2-4-12(5-3-11)15(17)20/h2-9,19H,10H2,1H3,(H2,17,20)(H,18,21). The Morgan fingerprint density at radius 3 is 2.05 bits per heavy atom. The highest BCUT2D eigenvalue weighted by molar-refractivity contribution is 5.94. The smallest absolute Gasteiger partial charge is 0.251 e. The first kappa shape index (κ1) is 14.6. The normalized spacial score (nSPS) is 9.95. The molecule has 4 N–H and O–H groups in total. The van der Waals surface area contributed by atoms with Gasteiger partial charge in [-0.05, 0) is 42.0 Å². The molecule has 0 saturated carbocycles. The van der Waals surface area contributed by atoms with Gasteiger partial charge in [0.1, 0.15) is 0 Å². The number of amides is 2. The van der Waals surface area contributed by atoms with Crippen LogP contribution in [0.2, 0.25) is 0 Å². The molecule has 108 valence electrons. The SMILES string of the molecule is CNC(=O)c1ccc(NCc2ccc(C(N)=O)cc2)cc1. The molecule has 2 rings (SSSR count). The van der Waals surface area contributed by atoms with Crippen LogP contribution in [0.25, 0.3) is 0 Å². The van der Waals surface area contributed by atoms with Gasteiger partial charge in [-0.2, -0.15) is 0 Å². The third-order valence-electron chi connectivity index (χ3n) is 3.11. The predicted molar refractivity (Wildman–Crippen MR) is 82.1 cm³/mol. The number of carbonyl (C=O) groups is 2. The van der Waals surface area contributed by atoms with Crippen molar-refractivity contribution in [3.8, 4) is 0 Å². The molecule has 0 heterocycles. The lowest BCUT2D eigenvalue weighted by Crippen LogP contribution is -2.17. The van der Waals surface area contributed by atoms with E-state index in [0.29, 0.717) is 17.7 Å². The molecule has 2 amide bonds. The zero-order valence-electron chi connectivity index (χ0n) is 11.7. The Morgan fingerprint density at radius 2 is 1.52 bits per heavy atom. The zero-order valence-corrected chi connectivity index (χ0v) is 11.7. The van der Waals surface area contributed by atoms with Crippen molar-refractivity contribution in [2.45, 2.75) is 6.54 Å². The molecule has 0 bridgehead atoms. The van der Waals surface area contributed by atoms with E-state index in [9.17, 15) is 9.59 Å². The van der Waals surface area contributed by atoms with E-state index in [2.05, 4.69) is 10.6 Å². The van der Waals surface area contributed by atoms with E-state index < -0.39 is 5.91 Å². The number of primary amides is 1. The molecule has 0 aliphatic carbocycles. The number of anilines is 1. The highest BCUT2D eigenvalue weighted by Crippen LogP contribution is 2.12. The van der Waals surface area contributed by atoms with Crippen molar-refractivity contribution in [2.75, 3.05) is 12.4 Å². The van der Waals surface area contributed by atoms with Crippen molar-refractivity contribution < 1.29 is 9.59 Å². The molecular weight excluding hydrogens is 266 g/mol. The number of nitrogens with one attached hydrogen (secondary N) is 2. The lowest BCUT2D eigenvalue weighted by molar-refractivity contribution is 0.0961. The van der Waals surface area contributed by atoms with Crippen LogP contribution in [0.4, 0.5) is 5.69 Å². The van der Waals surface area contributed by atoms with E-state index in [1.165, 1.54) is 0 Å². The summed E-state index contributed by atoms with van der Waals surface area (Å²) in [5.74, 6) is -0.539. The van der Waals surface area contributed by atoms with Gasteiger partial charge in [-0.15, -0.1) is 0 Å². The molecule has 2 aromatic rings. The van der Waals surface area contributed by atoms with Gasteiger partial charge in [0.15, 0.2) is 0 Å². The molecule has 0 aliphatic heterocycles. The maximum Gasteiger partial charge on any atom is 0.251 e. The second-order valence-corrected chi connectivity index (χ2v) is 4.57. The summed E-state index contributed by atoms with van der Waals surface area (Å²) in [4.78, 5) is 22.4. The van der Waals surface area contributed by atoms with Gasteiger partial charge in [-0.3, -0.25) is 9.59 Å². The van der Waals surface area contributed by atoms with Crippen LogP contribution in [-0.2, 0) is 6.54 Å². The van der Waals surface area contributed by atoms with Gasteiger partial charge in [0.25, 0.3) is 5.91 Å². The summed E-state index contributed by atoms with van der Waals surface area (Å²) in [5.41, 5.74) is 8.26. The Kier molecular flexibility index (Phi) is 4.56. The maximum atomic E-state index is 11.4. The van der Waals surface area contributed by atoms with Crippen LogP contribution in [0.3, 0.4) is 0 Å². The molecule has 0 aromatic heterocycles. The predicted octanol–water partition coefficient (Wildman–Crippen LogP) is 1.76. The molecule has 5 heteroatoms. The maximum absolute atomic E-state index is 11.4. The van der Waals surface area contributed by atoms with E-state index in [1.807, 2.05) is 24.3 Å². The van der Waals surface area contributed by atoms with Gasteiger partial charge in [0.2, 0.25) is 5.91 Å². The lowest BCUT2D eigenvalue weighted by Gasteiger charge is -2.08. The van der Waals surface area contributed by atoms with Crippen molar-refractivity contribution in [1.29, 1.82) is 0 Å². The van der Waals surface area contributed by atoms with Crippen LogP contribution in [0.15, 0.2) is 48.5 Å². The second-order valence-electron chi connectivity index (χ2n) is 4.57. The number of rotatable bonds is 5. The number of carbonyl (C=O) groups excluding carboxylic acids is 2. The first-order valence-corrected chi connectivity index (χ1v) is 6.55. The highest BCUT2D eigenvalue weighted by atomic mass is 16.1. The molecule has 2 aromatic carbocycles. The molecule has 0 spiro atoms. The topological polar surface area (TPSA) is 84.2 Å². The van der Waals surface area contributed by atoms with Gasteiger partial charge in [-0.1, -0.05) is 12.1 Å². The lowest BCUT2D eigenvalue weighted by atomic mass is 10.1. The van der Waals surface area contributed by atoms with E-state index >= 15 is 0 Å². The highest BCUT2D eigenvalue weighted by Gasteiger charge is 2.03. The first-order chi connectivity index (χ1) is 10.1. The minimum Gasteiger partial charge on any atom is -0.381 e. The molecule has 0 atom stereocenters. The van der Waals surface area contributed by atoms with Crippen LogP contribution < -0.4 is 16.4 Å². The zero-order chi connectivity index (χ0) is 15.2. The fourth-order valence-corrected chi connectivity index (χ4v) is 1.87.